The van der Waals surface area contributed by atoms with Crippen LogP contribution in [-0.2, 0) is 10.0 Å². The number of hydrogen-bond acceptors (Lipinski definition) is 3. The van der Waals surface area contributed by atoms with Gasteiger partial charge in [0.05, 0.1) is 6.26 Å². The van der Waals surface area contributed by atoms with Crippen LogP contribution in [0.3, 0.4) is 0 Å². The molecule has 0 aliphatic carbocycles. The summed E-state index contributed by atoms with van der Waals surface area (Å²) in [6, 6.07) is 7.29. The minimum atomic E-state index is -3.15. The number of benzene rings is 1. The molecule has 1 rings (SSSR count). The lowest BCUT2D eigenvalue weighted by molar-refractivity contribution is 0.0953. The van der Waals surface area contributed by atoms with Gasteiger partial charge in [0.2, 0.25) is 10.0 Å². The molecular weight excluding hydrogens is 391 g/mol. The molecule has 0 heterocycles. The van der Waals surface area contributed by atoms with Crippen molar-refractivity contribution in [3.05, 3.63) is 33.4 Å². The monoisotopic (exact) mass is 410 g/mol. The van der Waals surface area contributed by atoms with E-state index < -0.39 is 10.0 Å². The second-order valence-corrected chi connectivity index (χ2v) is 7.60. The van der Waals surface area contributed by atoms with Gasteiger partial charge in [0.1, 0.15) is 0 Å². The van der Waals surface area contributed by atoms with Crippen molar-refractivity contribution in [1.29, 1.82) is 0 Å². The number of nitrogens with zero attached hydrogens (tertiary/aromatic N) is 1. The second-order valence-electron chi connectivity index (χ2n) is 4.37. The summed E-state index contributed by atoms with van der Waals surface area (Å²) in [5, 5.41) is 2.79. The molecule has 1 aromatic rings. The van der Waals surface area contributed by atoms with Crippen LogP contribution in [0.1, 0.15) is 23.7 Å². The topological polar surface area (TPSA) is 66.5 Å². The largest absolute Gasteiger partial charge is 0.352 e. The Balaban J connectivity index is 2.37. The smallest absolute Gasteiger partial charge is 0.251 e. The van der Waals surface area contributed by atoms with Crippen LogP contribution in [0.4, 0.5) is 0 Å². The molecule has 0 atom stereocenters. The molecule has 0 aliphatic heterocycles. The van der Waals surface area contributed by atoms with Crippen molar-refractivity contribution >= 4 is 38.5 Å². The predicted octanol–water partition coefficient (Wildman–Crippen LogP) is 1.69. The van der Waals surface area contributed by atoms with Gasteiger partial charge in [-0.1, -0.05) is 6.92 Å². The zero-order chi connectivity index (χ0) is 15.2. The van der Waals surface area contributed by atoms with Crippen LogP contribution in [0.25, 0.3) is 0 Å². The third kappa shape index (κ3) is 5.76. The van der Waals surface area contributed by atoms with E-state index in [-0.39, 0.29) is 5.91 Å². The van der Waals surface area contributed by atoms with E-state index in [1.54, 1.807) is 19.1 Å². The molecule has 1 aromatic carbocycles. The van der Waals surface area contributed by atoms with Gasteiger partial charge in [-0.05, 0) is 53.3 Å². The van der Waals surface area contributed by atoms with E-state index >= 15 is 0 Å². The number of amides is 1. The van der Waals surface area contributed by atoms with Gasteiger partial charge in [0, 0.05) is 28.8 Å². The Morgan fingerprint density at radius 2 is 1.90 bits per heavy atom. The highest BCUT2D eigenvalue weighted by molar-refractivity contribution is 14.1. The van der Waals surface area contributed by atoms with E-state index in [0.717, 1.165) is 3.57 Å². The van der Waals surface area contributed by atoms with Crippen molar-refractivity contribution in [2.24, 2.45) is 0 Å². The molecule has 20 heavy (non-hydrogen) atoms. The molecular formula is C13H19IN2O3S. The maximum Gasteiger partial charge on any atom is 0.251 e. The highest BCUT2D eigenvalue weighted by Gasteiger charge is 2.13. The molecule has 0 unspecified atom stereocenters. The molecule has 0 aliphatic rings. The molecule has 112 valence electrons. The third-order valence-corrected chi connectivity index (χ3v) is 4.90. The van der Waals surface area contributed by atoms with E-state index in [1.165, 1.54) is 10.6 Å². The van der Waals surface area contributed by atoms with Crippen LogP contribution in [0.2, 0.25) is 0 Å². The summed E-state index contributed by atoms with van der Waals surface area (Å²) in [6.07, 6.45) is 1.79. The van der Waals surface area contributed by atoms with Gasteiger partial charge in [-0.25, -0.2) is 12.7 Å². The lowest BCUT2D eigenvalue weighted by atomic mass is 10.2. The zero-order valence-corrected chi connectivity index (χ0v) is 14.6. The maximum absolute atomic E-state index is 11.8. The molecule has 0 aromatic heterocycles. The van der Waals surface area contributed by atoms with Gasteiger partial charge in [-0.2, -0.15) is 0 Å². The first-order valence-corrected chi connectivity index (χ1v) is 9.26. The summed E-state index contributed by atoms with van der Waals surface area (Å²) >= 11 is 2.18. The molecule has 0 bridgehead atoms. The van der Waals surface area contributed by atoms with Crippen molar-refractivity contribution in [3.63, 3.8) is 0 Å². The summed E-state index contributed by atoms with van der Waals surface area (Å²) in [5.74, 6) is -0.135. The van der Waals surface area contributed by atoms with E-state index in [4.69, 9.17) is 0 Å². The van der Waals surface area contributed by atoms with Gasteiger partial charge in [-0.3, -0.25) is 4.79 Å². The lowest BCUT2D eigenvalue weighted by Crippen LogP contribution is -2.33. The van der Waals surface area contributed by atoms with Crippen LogP contribution in [-0.4, -0.2) is 44.5 Å². The van der Waals surface area contributed by atoms with Crippen molar-refractivity contribution in [1.82, 2.24) is 9.62 Å². The number of carbonyl (C=O) groups excluding carboxylic acids is 1. The number of halogens is 1. The standard InChI is InChI=1S/C13H19IN2O3S/c1-3-16(20(2,18)19)10-4-9-15-13(17)11-5-7-12(14)8-6-11/h5-8H,3-4,9-10H2,1-2H3,(H,15,17). The Kier molecular flexibility index (Phi) is 6.90. The summed E-state index contributed by atoms with van der Waals surface area (Å²) in [7, 11) is -3.15. The zero-order valence-electron chi connectivity index (χ0n) is 11.6. The molecule has 0 saturated heterocycles. The Morgan fingerprint density at radius 3 is 2.40 bits per heavy atom. The highest BCUT2D eigenvalue weighted by Crippen LogP contribution is 2.06. The normalized spacial score (nSPS) is 11.6. The molecule has 0 spiro atoms. The first kappa shape index (κ1) is 17.4. The fourth-order valence-corrected chi connectivity index (χ4v) is 3.01. The van der Waals surface area contributed by atoms with Gasteiger partial charge >= 0.3 is 0 Å². The number of hydrogen-bond donors (Lipinski definition) is 1. The van der Waals surface area contributed by atoms with E-state index in [2.05, 4.69) is 27.9 Å². The Morgan fingerprint density at radius 1 is 1.30 bits per heavy atom. The van der Waals surface area contributed by atoms with E-state index in [9.17, 15) is 13.2 Å². The molecule has 0 radical (unpaired) electrons. The molecule has 0 saturated carbocycles. The number of carbonyl (C=O) groups is 1. The van der Waals surface area contributed by atoms with E-state index in [1.807, 2.05) is 12.1 Å². The Hall–Kier alpha value is -0.670. The lowest BCUT2D eigenvalue weighted by Gasteiger charge is -2.17. The maximum atomic E-state index is 11.8. The molecule has 1 amide bonds. The van der Waals surface area contributed by atoms with Crippen LogP contribution >= 0.6 is 22.6 Å². The summed E-state index contributed by atoms with van der Waals surface area (Å²) < 4.78 is 25.2. The van der Waals surface area contributed by atoms with Crippen LogP contribution < -0.4 is 5.32 Å². The first-order valence-electron chi connectivity index (χ1n) is 6.33. The first-order chi connectivity index (χ1) is 9.34. The minimum absolute atomic E-state index is 0.135. The molecule has 7 heteroatoms. The number of sulfonamides is 1. The van der Waals surface area contributed by atoms with Gasteiger partial charge in [0.15, 0.2) is 0 Å². The summed E-state index contributed by atoms with van der Waals surface area (Å²) in [5.41, 5.74) is 0.612. The Bertz CT molecular complexity index is 543. The predicted molar refractivity (Wildman–Crippen MR) is 88.2 cm³/mol. The fraction of sp³-hybridized carbons (Fsp3) is 0.462. The third-order valence-electron chi connectivity index (χ3n) is 2.80. The SMILES string of the molecule is CCN(CCCNC(=O)c1ccc(I)cc1)S(C)(=O)=O. The second kappa shape index (κ2) is 7.94. The molecule has 1 N–H and O–H groups in total. The van der Waals surface area contributed by atoms with Crippen LogP contribution in [0, 0.1) is 3.57 Å². The van der Waals surface area contributed by atoms with Gasteiger partial charge in [-0.15, -0.1) is 0 Å². The van der Waals surface area contributed by atoms with Crippen LogP contribution in [0.5, 0.6) is 0 Å². The molecule has 0 fully saturated rings. The minimum Gasteiger partial charge on any atom is -0.352 e. The number of nitrogens with one attached hydrogen (secondary N) is 1. The average Bonchev–Trinajstić information content (AvgIpc) is 2.37. The molecule has 5 nitrogen and oxygen atoms in total. The average molecular weight is 410 g/mol. The fourth-order valence-electron chi connectivity index (χ4n) is 1.72. The van der Waals surface area contributed by atoms with E-state index in [0.29, 0.717) is 31.6 Å². The summed E-state index contributed by atoms with van der Waals surface area (Å²) in [6.45, 7) is 3.12. The Labute approximate surface area is 133 Å². The summed E-state index contributed by atoms with van der Waals surface area (Å²) in [4.78, 5) is 11.8. The van der Waals surface area contributed by atoms with Crippen molar-refractivity contribution in [2.45, 2.75) is 13.3 Å². The van der Waals surface area contributed by atoms with Gasteiger partial charge < -0.3 is 5.32 Å². The van der Waals surface area contributed by atoms with Gasteiger partial charge in [0.25, 0.3) is 5.91 Å². The quantitative estimate of drug-likeness (QED) is 0.550. The number of rotatable bonds is 7. The highest BCUT2D eigenvalue weighted by atomic mass is 127. The van der Waals surface area contributed by atoms with Crippen LogP contribution in [0.15, 0.2) is 24.3 Å². The van der Waals surface area contributed by atoms with Crippen molar-refractivity contribution in [3.8, 4) is 0 Å². The van der Waals surface area contributed by atoms with Crippen molar-refractivity contribution in [2.75, 3.05) is 25.9 Å². The van der Waals surface area contributed by atoms with Crippen molar-refractivity contribution < 1.29 is 13.2 Å².